The molecule has 0 bridgehead atoms. The molecule has 0 aliphatic carbocycles. The zero-order valence-electron chi connectivity index (χ0n) is 8.92. The van der Waals surface area contributed by atoms with Crippen LogP contribution in [0.4, 0.5) is 22.7 Å². The highest BCUT2D eigenvalue weighted by molar-refractivity contribution is 8.00. The first kappa shape index (κ1) is 13.4. The van der Waals surface area contributed by atoms with E-state index in [9.17, 15) is 17.6 Å². The third-order valence-electron chi connectivity index (χ3n) is 1.99. The molecule has 0 amide bonds. The summed E-state index contributed by atoms with van der Waals surface area (Å²) in [6.07, 6.45) is 0. The molecule has 18 heavy (non-hydrogen) atoms. The Morgan fingerprint density at radius 1 is 1.33 bits per heavy atom. The van der Waals surface area contributed by atoms with Gasteiger partial charge in [-0.05, 0) is 23.9 Å². The predicted octanol–water partition coefficient (Wildman–Crippen LogP) is 4.10. The van der Waals surface area contributed by atoms with Crippen molar-refractivity contribution in [3.63, 3.8) is 0 Å². The highest BCUT2D eigenvalue weighted by atomic mass is 32.2. The minimum absolute atomic E-state index is 0.0835. The topological polar surface area (TPSA) is 24.9 Å². The van der Waals surface area contributed by atoms with Crippen molar-refractivity contribution in [3.05, 3.63) is 24.0 Å². The van der Waals surface area contributed by atoms with Gasteiger partial charge in [0.2, 0.25) is 0 Å². The predicted molar refractivity (Wildman–Crippen MR) is 66.6 cm³/mol. The largest absolute Gasteiger partial charge is 0.441 e. The van der Waals surface area contributed by atoms with E-state index < -0.39 is 5.51 Å². The van der Waals surface area contributed by atoms with Crippen LogP contribution in [0.1, 0.15) is 0 Å². The Morgan fingerprint density at radius 2 is 2.11 bits per heavy atom. The molecule has 0 unspecified atom stereocenters. The lowest BCUT2D eigenvalue weighted by molar-refractivity contribution is -0.0327. The van der Waals surface area contributed by atoms with Crippen molar-refractivity contribution in [1.82, 2.24) is 4.98 Å². The molecule has 0 atom stereocenters. The van der Waals surface area contributed by atoms with Crippen molar-refractivity contribution in [3.8, 4) is 0 Å². The lowest BCUT2D eigenvalue weighted by atomic mass is 10.3. The zero-order valence-corrected chi connectivity index (χ0v) is 10.6. The number of thiazole rings is 1. The van der Waals surface area contributed by atoms with Gasteiger partial charge in [-0.15, -0.1) is 0 Å². The Balaban J connectivity index is 1.92. The zero-order chi connectivity index (χ0) is 13.2. The fraction of sp³-hybridized carbons (Fsp3) is 0.300. The van der Waals surface area contributed by atoms with Gasteiger partial charge < -0.3 is 5.32 Å². The summed E-state index contributed by atoms with van der Waals surface area (Å²) < 4.78 is 49.3. The van der Waals surface area contributed by atoms with Crippen LogP contribution in [0.3, 0.4) is 0 Å². The number of fused-ring (bicyclic) bond motifs is 1. The second kappa shape index (κ2) is 5.31. The minimum Gasteiger partial charge on any atom is -0.361 e. The van der Waals surface area contributed by atoms with Gasteiger partial charge in [-0.1, -0.05) is 11.3 Å². The lowest BCUT2D eigenvalue weighted by Crippen LogP contribution is -2.09. The number of alkyl halides is 3. The molecular formula is C10H8F4N2S2. The fourth-order valence-electron chi connectivity index (χ4n) is 1.30. The molecule has 98 valence electrons. The lowest BCUT2D eigenvalue weighted by Gasteiger charge is -2.05. The number of aromatic nitrogens is 1. The monoisotopic (exact) mass is 296 g/mol. The summed E-state index contributed by atoms with van der Waals surface area (Å²) in [4.78, 5) is 4.08. The molecule has 0 saturated heterocycles. The van der Waals surface area contributed by atoms with Crippen LogP contribution < -0.4 is 5.32 Å². The van der Waals surface area contributed by atoms with Crippen molar-refractivity contribution in [2.45, 2.75) is 5.51 Å². The molecule has 0 saturated carbocycles. The van der Waals surface area contributed by atoms with E-state index in [0.29, 0.717) is 10.6 Å². The molecule has 0 spiro atoms. The van der Waals surface area contributed by atoms with Gasteiger partial charge in [0.1, 0.15) is 5.82 Å². The second-order valence-corrected chi connectivity index (χ2v) is 5.54. The number of nitrogens with zero attached hydrogens (tertiary/aromatic N) is 1. The standard InChI is InChI=1S/C10H8F4N2S2/c11-6-1-2-8-7(5-6)16-9(18-8)15-3-4-17-10(12,13)14/h1-2,5H,3-4H2,(H,15,16). The maximum Gasteiger partial charge on any atom is 0.441 e. The number of rotatable bonds is 4. The highest BCUT2D eigenvalue weighted by Crippen LogP contribution is 2.30. The van der Waals surface area contributed by atoms with Gasteiger partial charge in [0, 0.05) is 18.4 Å². The SMILES string of the molecule is Fc1ccc2sc(NCCSC(F)(F)F)nc2c1. The number of nitrogens with one attached hydrogen (secondary N) is 1. The maximum atomic E-state index is 12.9. The molecule has 1 aromatic carbocycles. The molecule has 2 aromatic rings. The molecule has 0 aliphatic rings. The molecule has 8 heteroatoms. The van der Waals surface area contributed by atoms with Crippen molar-refractivity contribution in [2.75, 3.05) is 17.6 Å². The molecule has 1 N–H and O–H groups in total. The van der Waals surface area contributed by atoms with Crippen LogP contribution in [0.5, 0.6) is 0 Å². The van der Waals surface area contributed by atoms with Crippen molar-refractivity contribution < 1.29 is 17.6 Å². The molecule has 1 aromatic heterocycles. The number of hydrogen-bond acceptors (Lipinski definition) is 4. The fourth-order valence-corrected chi connectivity index (χ4v) is 2.61. The summed E-state index contributed by atoms with van der Waals surface area (Å²) in [7, 11) is 0. The van der Waals surface area contributed by atoms with Crippen molar-refractivity contribution in [2.24, 2.45) is 0 Å². The number of hydrogen-bond donors (Lipinski definition) is 1. The van der Waals surface area contributed by atoms with Crippen LogP contribution in [0.2, 0.25) is 0 Å². The van der Waals surface area contributed by atoms with Gasteiger partial charge in [0.15, 0.2) is 5.13 Å². The molecule has 0 fully saturated rings. The summed E-state index contributed by atoms with van der Waals surface area (Å²) in [5.74, 6) is -0.472. The van der Waals surface area contributed by atoms with Gasteiger partial charge in [-0.2, -0.15) is 13.2 Å². The Morgan fingerprint density at radius 3 is 2.83 bits per heavy atom. The normalized spacial score (nSPS) is 12.0. The molecule has 0 aliphatic heterocycles. The quantitative estimate of drug-likeness (QED) is 0.679. The van der Waals surface area contributed by atoms with Gasteiger partial charge in [-0.25, -0.2) is 9.37 Å². The van der Waals surface area contributed by atoms with Crippen LogP contribution in [-0.2, 0) is 0 Å². The minimum atomic E-state index is -4.21. The van der Waals surface area contributed by atoms with E-state index in [4.69, 9.17) is 0 Å². The Kier molecular flexibility index (Phi) is 3.96. The molecule has 0 radical (unpaired) electrons. The van der Waals surface area contributed by atoms with E-state index >= 15 is 0 Å². The first-order valence-corrected chi connectivity index (χ1v) is 6.75. The average Bonchev–Trinajstić information content (AvgIpc) is 2.65. The smallest absolute Gasteiger partial charge is 0.361 e. The number of thioether (sulfide) groups is 1. The first-order valence-electron chi connectivity index (χ1n) is 4.95. The Hall–Kier alpha value is -1.02. The van der Waals surface area contributed by atoms with E-state index in [1.165, 1.54) is 23.5 Å². The molecule has 2 nitrogen and oxygen atoms in total. The highest BCUT2D eigenvalue weighted by Gasteiger charge is 2.27. The molecule has 2 rings (SSSR count). The van der Waals surface area contributed by atoms with Gasteiger partial charge in [-0.3, -0.25) is 0 Å². The van der Waals surface area contributed by atoms with Crippen LogP contribution >= 0.6 is 23.1 Å². The van der Waals surface area contributed by atoms with E-state index in [1.54, 1.807) is 6.07 Å². The molecule has 1 heterocycles. The van der Waals surface area contributed by atoms with Gasteiger partial charge >= 0.3 is 5.51 Å². The average molecular weight is 296 g/mol. The Labute approximate surface area is 108 Å². The van der Waals surface area contributed by atoms with Crippen molar-refractivity contribution in [1.29, 1.82) is 0 Å². The van der Waals surface area contributed by atoms with Crippen LogP contribution in [0, 0.1) is 5.82 Å². The van der Waals surface area contributed by atoms with Crippen LogP contribution in [0.15, 0.2) is 18.2 Å². The van der Waals surface area contributed by atoms with E-state index in [2.05, 4.69) is 10.3 Å². The molecular weight excluding hydrogens is 288 g/mol. The summed E-state index contributed by atoms with van der Waals surface area (Å²) >= 11 is 1.20. The number of benzene rings is 1. The van der Waals surface area contributed by atoms with Crippen LogP contribution in [-0.4, -0.2) is 22.8 Å². The number of anilines is 1. The van der Waals surface area contributed by atoms with Crippen molar-refractivity contribution >= 4 is 38.4 Å². The Bertz CT molecular complexity index is 538. The third-order valence-corrected chi connectivity index (χ3v) is 3.72. The maximum absolute atomic E-state index is 12.9. The van der Waals surface area contributed by atoms with Crippen LogP contribution in [0.25, 0.3) is 10.2 Å². The summed E-state index contributed by atoms with van der Waals surface area (Å²) in [6, 6.07) is 4.21. The summed E-state index contributed by atoms with van der Waals surface area (Å²) in [5, 5.41) is 3.29. The first-order chi connectivity index (χ1) is 8.44. The third kappa shape index (κ3) is 3.74. The summed E-state index contributed by atoms with van der Waals surface area (Å²) in [6.45, 7) is 0.159. The second-order valence-electron chi connectivity index (χ2n) is 3.35. The number of halogens is 4. The van der Waals surface area contributed by atoms with Gasteiger partial charge in [0.25, 0.3) is 0 Å². The van der Waals surface area contributed by atoms with E-state index in [-0.39, 0.29) is 29.9 Å². The van der Waals surface area contributed by atoms with Gasteiger partial charge in [0.05, 0.1) is 10.2 Å². The van der Waals surface area contributed by atoms with E-state index in [0.717, 1.165) is 4.70 Å². The van der Waals surface area contributed by atoms with E-state index in [1.807, 2.05) is 0 Å². The summed E-state index contributed by atoms with van der Waals surface area (Å²) in [5.41, 5.74) is -3.70.